The zero-order valence-electron chi connectivity index (χ0n) is 11.8. The molecule has 94 valence electrons. The Morgan fingerprint density at radius 3 is 1.44 bits per heavy atom. The van der Waals surface area contributed by atoms with E-state index < -0.39 is 0 Å². The molecule has 0 radical (unpaired) electrons. The summed E-state index contributed by atoms with van der Waals surface area (Å²) in [6.45, 7) is 13.4. The molecule has 0 spiro atoms. The van der Waals surface area contributed by atoms with Gasteiger partial charge in [-0.2, -0.15) is 0 Å². The van der Waals surface area contributed by atoms with E-state index in [1.54, 1.807) is 0 Å². The monoisotopic (exact) mass is 224 g/mol. The highest BCUT2D eigenvalue weighted by atomic mass is 16.1. The molecule has 0 amide bonds. The minimum absolute atomic E-state index is 0.313. The molecule has 0 aromatic carbocycles. The molecule has 0 N–H and O–H groups in total. The number of hydrogen-bond acceptors (Lipinski definition) is 1. The lowest BCUT2D eigenvalue weighted by Gasteiger charge is -2.39. The largest absolute Gasteiger partial charge is 0.299 e. The summed E-state index contributed by atoms with van der Waals surface area (Å²) < 4.78 is 0. The fourth-order valence-corrected chi connectivity index (χ4v) is 3.00. The molecular weight excluding hydrogens is 196 g/mol. The summed E-state index contributed by atoms with van der Waals surface area (Å²) in [5.41, 5.74) is 0. The SMILES string of the molecule is CC(C)C1CC(C(C)C)C(=O)C(C(C)C)C1. The molecule has 0 saturated heterocycles. The molecule has 1 aliphatic rings. The van der Waals surface area contributed by atoms with Crippen LogP contribution in [0.1, 0.15) is 54.4 Å². The molecule has 0 aromatic rings. The van der Waals surface area contributed by atoms with Gasteiger partial charge in [-0.3, -0.25) is 4.79 Å². The molecule has 1 fully saturated rings. The van der Waals surface area contributed by atoms with E-state index in [1.807, 2.05) is 0 Å². The topological polar surface area (TPSA) is 17.1 Å². The van der Waals surface area contributed by atoms with E-state index in [1.165, 1.54) is 0 Å². The van der Waals surface area contributed by atoms with E-state index in [-0.39, 0.29) is 0 Å². The van der Waals surface area contributed by atoms with E-state index in [2.05, 4.69) is 41.5 Å². The zero-order chi connectivity index (χ0) is 12.5. The molecule has 1 nitrogen and oxygen atoms in total. The van der Waals surface area contributed by atoms with Crippen molar-refractivity contribution in [2.75, 3.05) is 0 Å². The molecule has 2 atom stereocenters. The molecule has 0 aromatic heterocycles. The van der Waals surface area contributed by atoms with Gasteiger partial charge < -0.3 is 0 Å². The van der Waals surface area contributed by atoms with Crippen LogP contribution >= 0.6 is 0 Å². The maximum Gasteiger partial charge on any atom is 0.139 e. The van der Waals surface area contributed by atoms with Gasteiger partial charge in [-0.05, 0) is 36.5 Å². The Morgan fingerprint density at radius 2 is 1.19 bits per heavy atom. The number of ketones is 1. The van der Waals surface area contributed by atoms with E-state index in [9.17, 15) is 4.79 Å². The summed E-state index contributed by atoms with van der Waals surface area (Å²) >= 11 is 0. The second-order valence-electron chi connectivity index (χ2n) is 6.58. The first-order valence-corrected chi connectivity index (χ1v) is 6.88. The minimum Gasteiger partial charge on any atom is -0.299 e. The van der Waals surface area contributed by atoms with Gasteiger partial charge >= 0.3 is 0 Å². The average molecular weight is 224 g/mol. The molecule has 1 rings (SSSR count). The van der Waals surface area contributed by atoms with Gasteiger partial charge in [0, 0.05) is 11.8 Å². The Bertz CT molecular complexity index is 220. The summed E-state index contributed by atoms with van der Waals surface area (Å²) in [7, 11) is 0. The van der Waals surface area contributed by atoms with Gasteiger partial charge in [0.1, 0.15) is 5.78 Å². The van der Waals surface area contributed by atoms with E-state index in [4.69, 9.17) is 0 Å². The molecule has 16 heavy (non-hydrogen) atoms. The number of carbonyl (C=O) groups excluding carboxylic acids is 1. The minimum atomic E-state index is 0.313. The Balaban J connectivity index is 2.84. The van der Waals surface area contributed by atoms with Crippen LogP contribution in [0, 0.1) is 35.5 Å². The summed E-state index contributed by atoms with van der Waals surface area (Å²) in [5, 5.41) is 0. The molecule has 0 bridgehead atoms. The van der Waals surface area contributed by atoms with E-state index >= 15 is 0 Å². The van der Waals surface area contributed by atoms with Crippen molar-refractivity contribution in [3.63, 3.8) is 0 Å². The Labute approximate surface area is 101 Å². The van der Waals surface area contributed by atoms with Crippen molar-refractivity contribution in [3.05, 3.63) is 0 Å². The van der Waals surface area contributed by atoms with Gasteiger partial charge in [0.25, 0.3) is 0 Å². The molecular formula is C15H28O. The normalized spacial score (nSPS) is 31.8. The van der Waals surface area contributed by atoms with Crippen LogP contribution in [0.25, 0.3) is 0 Å². The van der Waals surface area contributed by atoms with Crippen LogP contribution in [0.2, 0.25) is 0 Å². The lowest BCUT2D eigenvalue weighted by molar-refractivity contribution is -0.134. The first kappa shape index (κ1) is 13.7. The number of Topliss-reactive ketones (excluding diaryl/α,β-unsaturated/α-hetero) is 1. The predicted octanol–water partition coefficient (Wildman–Crippen LogP) is 4.17. The van der Waals surface area contributed by atoms with Crippen molar-refractivity contribution in [1.29, 1.82) is 0 Å². The van der Waals surface area contributed by atoms with Crippen molar-refractivity contribution in [1.82, 2.24) is 0 Å². The van der Waals surface area contributed by atoms with Crippen molar-refractivity contribution in [2.45, 2.75) is 54.4 Å². The third-order valence-corrected chi connectivity index (χ3v) is 4.40. The van der Waals surface area contributed by atoms with E-state index in [0.29, 0.717) is 29.5 Å². The molecule has 1 aliphatic carbocycles. The van der Waals surface area contributed by atoms with Crippen LogP contribution in [0.3, 0.4) is 0 Å². The van der Waals surface area contributed by atoms with E-state index in [0.717, 1.165) is 24.7 Å². The smallest absolute Gasteiger partial charge is 0.139 e. The van der Waals surface area contributed by atoms with Crippen LogP contribution in [-0.4, -0.2) is 5.78 Å². The third kappa shape index (κ3) is 2.87. The van der Waals surface area contributed by atoms with Crippen LogP contribution in [0.5, 0.6) is 0 Å². The number of rotatable bonds is 3. The van der Waals surface area contributed by atoms with Gasteiger partial charge in [-0.15, -0.1) is 0 Å². The summed E-state index contributed by atoms with van der Waals surface area (Å²) in [5.74, 6) is 3.66. The molecule has 0 heterocycles. The van der Waals surface area contributed by atoms with Crippen LogP contribution in [-0.2, 0) is 4.79 Å². The third-order valence-electron chi connectivity index (χ3n) is 4.40. The van der Waals surface area contributed by atoms with Gasteiger partial charge in [-0.25, -0.2) is 0 Å². The van der Waals surface area contributed by atoms with Gasteiger partial charge in [0.2, 0.25) is 0 Å². The van der Waals surface area contributed by atoms with Crippen LogP contribution < -0.4 is 0 Å². The maximum absolute atomic E-state index is 12.4. The van der Waals surface area contributed by atoms with Crippen LogP contribution in [0.4, 0.5) is 0 Å². The highest BCUT2D eigenvalue weighted by Gasteiger charge is 2.39. The first-order chi connectivity index (χ1) is 7.34. The standard InChI is InChI=1S/C15H28O/c1-9(2)12-7-13(10(3)4)15(16)14(8-12)11(5)6/h9-14H,7-8H2,1-6H3. The van der Waals surface area contributed by atoms with Crippen molar-refractivity contribution >= 4 is 5.78 Å². The quantitative estimate of drug-likeness (QED) is 0.703. The van der Waals surface area contributed by atoms with Gasteiger partial charge in [0.05, 0.1) is 0 Å². The summed E-state index contributed by atoms with van der Waals surface area (Å²) in [4.78, 5) is 12.4. The zero-order valence-corrected chi connectivity index (χ0v) is 11.8. The van der Waals surface area contributed by atoms with Crippen LogP contribution in [0.15, 0.2) is 0 Å². The fraction of sp³-hybridized carbons (Fsp3) is 0.933. The fourth-order valence-electron chi connectivity index (χ4n) is 3.00. The molecule has 1 heteroatoms. The first-order valence-electron chi connectivity index (χ1n) is 6.88. The Kier molecular flexibility index (Phi) is 4.58. The second kappa shape index (κ2) is 5.33. The molecule has 2 unspecified atom stereocenters. The Morgan fingerprint density at radius 1 is 0.812 bits per heavy atom. The highest BCUT2D eigenvalue weighted by Crippen LogP contribution is 2.40. The van der Waals surface area contributed by atoms with Crippen molar-refractivity contribution < 1.29 is 4.79 Å². The summed E-state index contributed by atoms with van der Waals surface area (Å²) in [6.07, 6.45) is 2.24. The molecule has 1 saturated carbocycles. The lowest BCUT2D eigenvalue weighted by Crippen LogP contribution is -2.39. The predicted molar refractivity (Wildman–Crippen MR) is 69.2 cm³/mol. The van der Waals surface area contributed by atoms with Crippen molar-refractivity contribution in [3.8, 4) is 0 Å². The highest BCUT2D eigenvalue weighted by molar-refractivity contribution is 5.84. The van der Waals surface area contributed by atoms with Gasteiger partial charge in [0.15, 0.2) is 0 Å². The lowest BCUT2D eigenvalue weighted by atomic mass is 9.65. The average Bonchev–Trinajstić information content (AvgIpc) is 2.16. The molecule has 0 aliphatic heterocycles. The summed E-state index contributed by atoms with van der Waals surface area (Å²) in [6, 6.07) is 0. The Hall–Kier alpha value is -0.330. The maximum atomic E-state index is 12.4. The van der Waals surface area contributed by atoms with Gasteiger partial charge in [-0.1, -0.05) is 41.5 Å². The second-order valence-corrected chi connectivity index (χ2v) is 6.58. The number of hydrogen-bond donors (Lipinski definition) is 0. The number of carbonyl (C=O) groups is 1. The van der Waals surface area contributed by atoms with Crippen molar-refractivity contribution in [2.24, 2.45) is 35.5 Å².